The number of nitrogens with zero attached hydrogens (tertiary/aromatic N) is 4. The van der Waals surface area contributed by atoms with Crippen molar-refractivity contribution >= 4 is 28.7 Å². The van der Waals surface area contributed by atoms with Gasteiger partial charge in [-0.3, -0.25) is 15.1 Å². The van der Waals surface area contributed by atoms with E-state index in [9.17, 15) is 10.1 Å². The molecule has 2 atom stereocenters. The second kappa shape index (κ2) is 9.90. The van der Waals surface area contributed by atoms with E-state index in [4.69, 9.17) is 17.0 Å². The Morgan fingerprint density at radius 3 is 2.39 bits per heavy atom. The van der Waals surface area contributed by atoms with Gasteiger partial charge in [-0.1, -0.05) is 12.1 Å². The van der Waals surface area contributed by atoms with E-state index in [-0.39, 0.29) is 17.8 Å². The van der Waals surface area contributed by atoms with E-state index in [1.807, 2.05) is 36.6 Å². The number of ether oxygens (including phenoxy) is 1. The Balaban J connectivity index is 1.72. The summed E-state index contributed by atoms with van der Waals surface area (Å²) in [5.74, 6) is 0.552. The van der Waals surface area contributed by atoms with Crippen LogP contribution in [0, 0.1) is 37.8 Å². The van der Waals surface area contributed by atoms with Crippen LogP contribution >= 0.6 is 12.2 Å². The van der Waals surface area contributed by atoms with Gasteiger partial charge >= 0.3 is 0 Å². The summed E-state index contributed by atoms with van der Waals surface area (Å²) >= 11 is 5.91. The fourth-order valence-corrected chi connectivity index (χ4v) is 5.81. The lowest BCUT2D eigenvalue weighted by Gasteiger charge is -2.29. The molecule has 2 aromatic heterocycles. The van der Waals surface area contributed by atoms with Crippen molar-refractivity contribution in [2.45, 2.75) is 39.8 Å². The van der Waals surface area contributed by atoms with E-state index in [2.05, 4.69) is 53.3 Å². The molecule has 4 aromatic rings. The Kier molecular flexibility index (Phi) is 6.62. The zero-order valence-electron chi connectivity index (χ0n) is 21.9. The van der Waals surface area contributed by atoms with Crippen molar-refractivity contribution in [3.63, 3.8) is 0 Å². The van der Waals surface area contributed by atoms with Crippen molar-refractivity contribution in [1.82, 2.24) is 14.9 Å². The van der Waals surface area contributed by atoms with Crippen molar-refractivity contribution in [1.29, 1.82) is 0 Å². The highest BCUT2D eigenvalue weighted by molar-refractivity contribution is 7.80. The van der Waals surface area contributed by atoms with Crippen LogP contribution in [0.2, 0.25) is 0 Å². The lowest BCUT2D eigenvalue weighted by Crippen LogP contribution is -2.29. The van der Waals surface area contributed by atoms with Crippen LogP contribution in [0.25, 0.3) is 5.69 Å². The van der Waals surface area contributed by atoms with Gasteiger partial charge in [-0.15, -0.1) is 0 Å². The average Bonchev–Trinajstić information content (AvgIpc) is 3.38. The maximum atomic E-state index is 11.6. The number of nitrogens with one attached hydrogen (secondary N) is 1. The van der Waals surface area contributed by atoms with Gasteiger partial charge in [0.05, 0.1) is 35.5 Å². The Bertz CT molecular complexity index is 1530. The molecule has 194 valence electrons. The van der Waals surface area contributed by atoms with Crippen LogP contribution in [0.15, 0.2) is 66.9 Å². The molecule has 3 heterocycles. The molecule has 1 fully saturated rings. The molecular weight excluding hydrogens is 498 g/mol. The van der Waals surface area contributed by atoms with Gasteiger partial charge in [-0.25, -0.2) is 0 Å². The topological polar surface area (TPSA) is 85.5 Å². The lowest BCUT2D eigenvalue weighted by molar-refractivity contribution is -0.384. The Hall–Kier alpha value is -4.24. The molecular formula is C29H29N5O3S. The predicted octanol–water partition coefficient (Wildman–Crippen LogP) is 6.20. The zero-order chi connectivity index (χ0) is 27.1. The van der Waals surface area contributed by atoms with Gasteiger partial charge in [-0.05, 0) is 93.0 Å². The van der Waals surface area contributed by atoms with Crippen LogP contribution in [0.3, 0.4) is 0 Å². The van der Waals surface area contributed by atoms with Gasteiger partial charge in [0, 0.05) is 35.4 Å². The number of pyridine rings is 1. The summed E-state index contributed by atoms with van der Waals surface area (Å²) in [5.41, 5.74) is 7.70. The number of benzene rings is 2. The monoisotopic (exact) mass is 527 g/mol. The highest BCUT2D eigenvalue weighted by atomic mass is 32.1. The number of methoxy groups -OCH3 is 1. The third kappa shape index (κ3) is 4.39. The van der Waals surface area contributed by atoms with Crippen LogP contribution in [0.4, 0.5) is 11.4 Å². The standard InChI is InChI=1S/C29H29N5O3S/c1-17-12-18(2)14-22(13-17)33-28(27(31-29(33)38)24-8-6-7-11-30-24)23-15-19(3)32(20(23)4)25-16-21(34(35)36)9-10-26(25)37-5/h6-16,27-28H,1-5H3,(H,31,38)/t27-,28-/m1/s1. The average molecular weight is 528 g/mol. The van der Waals surface area contributed by atoms with Gasteiger partial charge in [0.2, 0.25) is 0 Å². The number of nitro groups is 1. The second-order valence-electron chi connectivity index (χ2n) is 9.62. The number of aromatic nitrogens is 2. The molecule has 9 heteroatoms. The number of thiocarbonyl (C=S) groups is 1. The molecule has 0 saturated carbocycles. The van der Waals surface area contributed by atoms with E-state index < -0.39 is 4.92 Å². The van der Waals surface area contributed by atoms with Crippen molar-refractivity contribution in [2.75, 3.05) is 12.0 Å². The first-order valence-corrected chi connectivity index (χ1v) is 12.7. The minimum atomic E-state index is -0.393. The summed E-state index contributed by atoms with van der Waals surface area (Å²) in [4.78, 5) is 18.0. The van der Waals surface area contributed by atoms with Crippen molar-refractivity contribution < 1.29 is 9.66 Å². The first kappa shape index (κ1) is 25.4. The van der Waals surface area contributed by atoms with Crippen LogP contribution in [0.5, 0.6) is 5.75 Å². The summed E-state index contributed by atoms with van der Waals surface area (Å²) in [7, 11) is 1.57. The number of non-ortho nitro benzene ring substituents is 1. The molecule has 0 radical (unpaired) electrons. The summed E-state index contributed by atoms with van der Waals surface area (Å²) in [5, 5.41) is 15.7. The van der Waals surface area contributed by atoms with Gasteiger partial charge < -0.3 is 19.5 Å². The van der Waals surface area contributed by atoms with Crippen LogP contribution < -0.4 is 15.0 Å². The van der Waals surface area contributed by atoms with E-state index in [1.165, 1.54) is 6.07 Å². The Morgan fingerprint density at radius 1 is 1.03 bits per heavy atom. The molecule has 8 nitrogen and oxygen atoms in total. The van der Waals surface area contributed by atoms with E-state index in [0.717, 1.165) is 39.5 Å². The Labute approximate surface area is 227 Å². The van der Waals surface area contributed by atoms with Crippen LogP contribution in [0.1, 0.15) is 45.9 Å². The van der Waals surface area contributed by atoms with Crippen molar-refractivity contribution in [2.24, 2.45) is 0 Å². The first-order valence-electron chi connectivity index (χ1n) is 12.3. The second-order valence-corrected chi connectivity index (χ2v) is 10.0. The molecule has 38 heavy (non-hydrogen) atoms. The fourth-order valence-electron chi connectivity index (χ4n) is 5.46. The summed E-state index contributed by atoms with van der Waals surface area (Å²) < 4.78 is 7.62. The molecule has 0 bridgehead atoms. The van der Waals surface area contributed by atoms with Gasteiger partial charge in [0.1, 0.15) is 5.75 Å². The number of hydrogen-bond donors (Lipinski definition) is 1. The largest absolute Gasteiger partial charge is 0.495 e. The van der Waals surface area contributed by atoms with Gasteiger partial charge in [-0.2, -0.15) is 0 Å². The third-order valence-electron chi connectivity index (χ3n) is 6.99. The summed E-state index contributed by atoms with van der Waals surface area (Å²) in [6, 6.07) is 18.6. The van der Waals surface area contributed by atoms with E-state index in [0.29, 0.717) is 16.5 Å². The quantitative estimate of drug-likeness (QED) is 0.182. The minimum Gasteiger partial charge on any atom is -0.495 e. The SMILES string of the molecule is COc1ccc([N+](=O)[O-])cc1-n1c(C)cc([C@@H]2[C@@H](c3ccccn3)NC(=S)N2c2cc(C)cc(C)c2)c1C. The zero-order valence-corrected chi connectivity index (χ0v) is 22.7. The fraction of sp³-hybridized carbons (Fsp3) is 0.241. The summed E-state index contributed by atoms with van der Waals surface area (Å²) in [6.07, 6.45) is 1.79. The van der Waals surface area contributed by atoms with Crippen LogP contribution in [-0.4, -0.2) is 26.7 Å². The first-order chi connectivity index (χ1) is 18.2. The highest BCUT2D eigenvalue weighted by Crippen LogP contribution is 2.44. The molecule has 0 amide bonds. The molecule has 1 aliphatic rings. The van der Waals surface area contributed by atoms with Crippen molar-refractivity contribution in [3.8, 4) is 11.4 Å². The lowest BCUT2D eigenvalue weighted by atomic mass is 9.96. The normalized spacial score (nSPS) is 17.0. The molecule has 1 N–H and O–H groups in total. The third-order valence-corrected chi connectivity index (χ3v) is 7.30. The number of aryl methyl sites for hydroxylation is 3. The van der Waals surface area contributed by atoms with Crippen molar-refractivity contribution in [3.05, 3.63) is 111 Å². The highest BCUT2D eigenvalue weighted by Gasteiger charge is 2.42. The van der Waals surface area contributed by atoms with E-state index in [1.54, 1.807) is 25.4 Å². The molecule has 0 unspecified atom stereocenters. The van der Waals surface area contributed by atoms with Gasteiger partial charge in [0.25, 0.3) is 5.69 Å². The van der Waals surface area contributed by atoms with E-state index >= 15 is 0 Å². The number of hydrogen-bond acceptors (Lipinski definition) is 5. The maximum absolute atomic E-state index is 11.6. The number of rotatable bonds is 6. The maximum Gasteiger partial charge on any atom is 0.271 e. The van der Waals surface area contributed by atoms with Gasteiger partial charge in [0.15, 0.2) is 5.11 Å². The number of nitro benzene ring substituents is 1. The summed E-state index contributed by atoms with van der Waals surface area (Å²) in [6.45, 7) is 8.17. The minimum absolute atomic E-state index is 0.00165. The molecule has 1 aliphatic heterocycles. The smallest absolute Gasteiger partial charge is 0.271 e. The molecule has 0 spiro atoms. The molecule has 1 saturated heterocycles. The molecule has 2 aromatic carbocycles. The number of anilines is 1. The predicted molar refractivity (Wildman–Crippen MR) is 152 cm³/mol. The van der Waals surface area contributed by atoms with Crippen LogP contribution in [-0.2, 0) is 0 Å². The molecule has 5 rings (SSSR count). The molecule has 0 aliphatic carbocycles. The Morgan fingerprint density at radius 2 is 1.76 bits per heavy atom.